The highest BCUT2D eigenvalue weighted by molar-refractivity contribution is 7.19. The number of aromatic nitrogens is 4. The van der Waals surface area contributed by atoms with Crippen LogP contribution in [0.4, 0.5) is 18.9 Å². The van der Waals surface area contributed by atoms with Crippen LogP contribution in [0.25, 0.3) is 15.5 Å². The van der Waals surface area contributed by atoms with Gasteiger partial charge in [0, 0.05) is 17.7 Å². The predicted molar refractivity (Wildman–Crippen MR) is 87.3 cm³/mol. The van der Waals surface area contributed by atoms with E-state index in [9.17, 15) is 18.0 Å². The summed E-state index contributed by atoms with van der Waals surface area (Å²) < 4.78 is 39.2. The number of hydrogen-bond acceptors (Lipinski definition) is 5. The molecule has 3 rings (SSSR count). The number of hydrogen-bond donors (Lipinski definition) is 1. The summed E-state index contributed by atoms with van der Waals surface area (Å²) in [6.45, 7) is 2.01. The van der Waals surface area contributed by atoms with E-state index in [0.29, 0.717) is 27.2 Å². The number of alkyl halides is 3. The van der Waals surface area contributed by atoms with E-state index >= 15 is 0 Å². The summed E-state index contributed by atoms with van der Waals surface area (Å²) in [5, 5.41) is 13.7. The quantitative estimate of drug-likeness (QED) is 0.738. The van der Waals surface area contributed by atoms with Crippen LogP contribution in [0.3, 0.4) is 0 Å². The number of amides is 1. The second-order valence-corrected chi connectivity index (χ2v) is 6.31. The van der Waals surface area contributed by atoms with E-state index in [0.717, 1.165) is 24.2 Å². The van der Waals surface area contributed by atoms with Crippen LogP contribution in [0, 0.1) is 0 Å². The molecular formula is C15H14F3N5OS. The van der Waals surface area contributed by atoms with E-state index in [1.165, 1.54) is 0 Å². The first-order valence-electron chi connectivity index (χ1n) is 7.58. The fraction of sp³-hybridized carbons (Fsp3) is 0.333. The first kappa shape index (κ1) is 17.3. The van der Waals surface area contributed by atoms with E-state index in [4.69, 9.17) is 0 Å². The fourth-order valence-corrected chi connectivity index (χ4v) is 3.01. The first-order valence-corrected chi connectivity index (χ1v) is 8.40. The van der Waals surface area contributed by atoms with Gasteiger partial charge in [-0.1, -0.05) is 24.7 Å². The number of rotatable bonds is 5. The van der Waals surface area contributed by atoms with Crippen molar-refractivity contribution in [1.82, 2.24) is 19.8 Å². The van der Waals surface area contributed by atoms with Crippen LogP contribution in [0.15, 0.2) is 24.3 Å². The van der Waals surface area contributed by atoms with Gasteiger partial charge in [0.15, 0.2) is 0 Å². The van der Waals surface area contributed by atoms with Crippen molar-refractivity contribution in [1.29, 1.82) is 0 Å². The Labute approximate surface area is 144 Å². The predicted octanol–water partition coefficient (Wildman–Crippen LogP) is 4.00. The summed E-state index contributed by atoms with van der Waals surface area (Å²) in [6.07, 6.45) is -2.40. The van der Waals surface area contributed by atoms with Crippen molar-refractivity contribution in [2.75, 3.05) is 5.32 Å². The molecule has 0 radical (unpaired) electrons. The molecule has 2 aromatic heterocycles. The Balaban J connectivity index is 1.79. The zero-order chi connectivity index (χ0) is 18.0. The summed E-state index contributed by atoms with van der Waals surface area (Å²) >= 11 is 1.01. The molecule has 1 aromatic carbocycles. The standard InChI is InChI=1S/C15H14F3N5OS/c1-2-3-4-11(24)19-10-7-5-9(6-8-10)12-22-23-13(15(16,17)18)20-21-14(23)25-12/h5-8H,2-4H2,1H3,(H,19,24). The minimum atomic E-state index is -4.61. The molecule has 25 heavy (non-hydrogen) atoms. The number of unbranched alkanes of at least 4 members (excludes halogenated alkanes) is 1. The maximum Gasteiger partial charge on any atom is 0.453 e. The van der Waals surface area contributed by atoms with Crippen molar-refractivity contribution < 1.29 is 18.0 Å². The Kier molecular flexibility index (Phi) is 4.71. The molecule has 0 spiro atoms. The molecule has 0 saturated carbocycles. The van der Waals surface area contributed by atoms with Crippen molar-refractivity contribution >= 4 is 27.9 Å². The van der Waals surface area contributed by atoms with Crippen LogP contribution in [-0.2, 0) is 11.0 Å². The van der Waals surface area contributed by atoms with Crippen LogP contribution < -0.4 is 5.32 Å². The van der Waals surface area contributed by atoms with Crippen LogP contribution in [-0.4, -0.2) is 25.7 Å². The van der Waals surface area contributed by atoms with E-state index < -0.39 is 12.0 Å². The van der Waals surface area contributed by atoms with Crippen LogP contribution >= 0.6 is 11.3 Å². The molecule has 0 aliphatic rings. The second-order valence-electron chi connectivity index (χ2n) is 5.35. The van der Waals surface area contributed by atoms with E-state index in [1.807, 2.05) is 6.92 Å². The molecule has 0 aliphatic heterocycles. The third-order valence-corrected chi connectivity index (χ3v) is 4.37. The minimum absolute atomic E-state index is 0.0665. The SMILES string of the molecule is CCCCC(=O)Nc1ccc(-c2nn3c(C(F)(F)F)nnc3s2)cc1. The zero-order valence-electron chi connectivity index (χ0n) is 13.2. The molecule has 3 aromatic rings. The smallest absolute Gasteiger partial charge is 0.326 e. The highest BCUT2D eigenvalue weighted by atomic mass is 32.1. The molecule has 0 unspecified atom stereocenters. The summed E-state index contributed by atoms with van der Waals surface area (Å²) in [4.78, 5) is 11.8. The Bertz CT molecular complexity index is 885. The van der Waals surface area contributed by atoms with Gasteiger partial charge in [-0.25, -0.2) is 0 Å². The lowest BCUT2D eigenvalue weighted by molar-refractivity contribution is -0.146. The molecular weight excluding hydrogens is 355 g/mol. The number of carbonyl (C=O) groups excluding carboxylic acids is 1. The highest BCUT2D eigenvalue weighted by Crippen LogP contribution is 2.32. The number of nitrogens with zero attached hydrogens (tertiary/aromatic N) is 4. The summed E-state index contributed by atoms with van der Waals surface area (Å²) in [6, 6.07) is 6.75. The minimum Gasteiger partial charge on any atom is -0.326 e. The highest BCUT2D eigenvalue weighted by Gasteiger charge is 2.38. The Morgan fingerprint density at radius 3 is 2.60 bits per heavy atom. The average molecular weight is 369 g/mol. The van der Waals surface area contributed by atoms with Gasteiger partial charge < -0.3 is 5.32 Å². The molecule has 0 saturated heterocycles. The molecule has 0 fully saturated rings. The molecule has 0 bridgehead atoms. The average Bonchev–Trinajstić information content (AvgIpc) is 3.13. The first-order chi connectivity index (χ1) is 11.9. The van der Waals surface area contributed by atoms with Gasteiger partial charge in [-0.15, -0.1) is 10.2 Å². The maximum absolute atomic E-state index is 12.8. The lowest BCUT2D eigenvalue weighted by atomic mass is 10.2. The van der Waals surface area contributed by atoms with Gasteiger partial charge in [0.05, 0.1) is 0 Å². The number of carbonyl (C=O) groups is 1. The van der Waals surface area contributed by atoms with Gasteiger partial charge in [-0.3, -0.25) is 4.79 Å². The zero-order valence-corrected chi connectivity index (χ0v) is 14.0. The molecule has 0 atom stereocenters. The molecule has 132 valence electrons. The number of benzene rings is 1. The Morgan fingerprint density at radius 1 is 1.24 bits per heavy atom. The van der Waals surface area contributed by atoms with Gasteiger partial charge in [0.1, 0.15) is 5.01 Å². The summed E-state index contributed by atoms with van der Waals surface area (Å²) in [5.41, 5.74) is 1.26. The second kappa shape index (κ2) is 6.79. The van der Waals surface area contributed by atoms with Gasteiger partial charge in [0.2, 0.25) is 10.9 Å². The number of fused-ring (bicyclic) bond motifs is 1. The molecule has 1 N–H and O–H groups in total. The van der Waals surface area contributed by atoms with E-state index in [-0.39, 0.29) is 10.9 Å². The molecule has 6 nitrogen and oxygen atoms in total. The number of nitrogens with one attached hydrogen (secondary N) is 1. The summed E-state index contributed by atoms with van der Waals surface area (Å²) in [7, 11) is 0. The molecule has 2 heterocycles. The van der Waals surface area contributed by atoms with Gasteiger partial charge in [0.25, 0.3) is 5.82 Å². The van der Waals surface area contributed by atoms with Gasteiger partial charge in [-0.2, -0.15) is 22.8 Å². The number of halogens is 3. The lowest BCUT2D eigenvalue weighted by Gasteiger charge is -2.05. The molecule has 1 amide bonds. The monoisotopic (exact) mass is 369 g/mol. The van der Waals surface area contributed by atoms with Crippen LogP contribution in [0.5, 0.6) is 0 Å². The normalized spacial score (nSPS) is 11.8. The molecule has 10 heteroatoms. The largest absolute Gasteiger partial charge is 0.453 e. The van der Waals surface area contributed by atoms with Gasteiger partial charge >= 0.3 is 6.18 Å². The number of anilines is 1. The topological polar surface area (TPSA) is 72.2 Å². The van der Waals surface area contributed by atoms with Gasteiger partial charge in [-0.05, 0) is 30.7 Å². The third kappa shape index (κ3) is 3.78. The van der Waals surface area contributed by atoms with Crippen LogP contribution in [0.1, 0.15) is 32.0 Å². The fourth-order valence-electron chi connectivity index (χ4n) is 2.17. The van der Waals surface area contributed by atoms with Crippen molar-refractivity contribution in [3.8, 4) is 10.6 Å². The Hall–Kier alpha value is -2.49. The van der Waals surface area contributed by atoms with Crippen molar-refractivity contribution in [2.24, 2.45) is 0 Å². The van der Waals surface area contributed by atoms with Crippen molar-refractivity contribution in [3.05, 3.63) is 30.1 Å². The lowest BCUT2D eigenvalue weighted by Crippen LogP contribution is -2.11. The van der Waals surface area contributed by atoms with Crippen molar-refractivity contribution in [3.63, 3.8) is 0 Å². The molecule has 0 aliphatic carbocycles. The third-order valence-electron chi connectivity index (χ3n) is 3.42. The van der Waals surface area contributed by atoms with E-state index in [1.54, 1.807) is 24.3 Å². The maximum atomic E-state index is 12.8. The van der Waals surface area contributed by atoms with Crippen molar-refractivity contribution in [2.45, 2.75) is 32.4 Å². The summed E-state index contributed by atoms with van der Waals surface area (Å²) in [5.74, 6) is -1.21. The Morgan fingerprint density at radius 2 is 1.96 bits per heavy atom. The van der Waals surface area contributed by atoms with E-state index in [2.05, 4.69) is 20.6 Å². The van der Waals surface area contributed by atoms with Crippen LogP contribution in [0.2, 0.25) is 0 Å².